The molecule has 1 aromatic carbocycles. The largest absolute Gasteiger partial charge is 0.491 e. The van der Waals surface area contributed by atoms with E-state index in [0.29, 0.717) is 37.9 Å². The molecule has 2 N–H and O–H groups in total. The molecule has 0 aliphatic carbocycles. The van der Waals surface area contributed by atoms with Gasteiger partial charge in [-0.25, -0.2) is 9.67 Å². The highest BCUT2D eigenvalue weighted by Crippen LogP contribution is 2.21. The maximum atomic E-state index is 5.88. The minimum absolute atomic E-state index is 0.447. The molecule has 2 aromatic heterocycles. The van der Waals surface area contributed by atoms with Crippen molar-refractivity contribution in [2.75, 3.05) is 25.6 Å². The Hall–Kier alpha value is -2.93. The molecule has 0 unspecified atom stereocenters. The van der Waals surface area contributed by atoms with Crippen LogP contribution < -0.4 is 10.5 Å². The second-order valence-corrected chi connectivity index (χ2v) is 5.43. The Bertz CT molecular complexity index is 801. The van der Waals surface area contributed by atoms with E-state index < -0.39 is 0 Å². The standard InChI is InChI=1S/C18H21N5O2/c1-2-24-10-11-25-15-7-5-14(6-8-15)12-23-13-17(21-22-23)16-4-3-9-20-18(16)19/h3-9,13H,2,10-12H2,1H3,(H2,19,20). The first kappa shape index (κ1) is 16.9. The van der Waals surface area contributed by atoms with E-state index in [9.17, 15) is 0 Å². The van der Waals surface area contributed by atoms with Crippen LogP contribution in [-0.2, 0) is 11.3 Å². The maximum absolute atomic E-state index is 5.88. The number of rotatable bonds is 8. The molecule has 0 bridgehead atoms. The molecule has 2 heterocycles. The number of hydrogen-bond donors (Lipinski definition) is 1. The van der Waals surface area contributed by atoms with Gasteiger partial charge in [-0.2, -0.15) is 0 Å². The van der Waals surface area contributed by atoms with Crippen LogP contribution in [0.2, 0.25) is 0 Å². The molecule has 0 spiro atoms. The lowest BCUT2D eigenvalue weighted by molar-refractivity contribution is 0.110. The van der Waals surface area contributed by atoms with E-state index in [1.807, 2.05) is 49.5 Å². The molecule has 0 aliphatic rings. The Morgan fingerprint density at radius 1 is 1.12 bits per heavy atom. The quantitative estimate of drug-likeness (QED) is 0.634. The van der Waals surface area contributed by atoms with Crippen LogP contribution in [0.1, 0.15) is 12.5 Å². The zero-order valence-corrected chi connectivity index (χ0v) is 14.1. The van der Waals surface area contributed by atoms with Crippen LogP contribution in [0.4, 0.5) is 5.82 Å². The van der Waals surface area contributed by atoms with Gasteiger partial charge in [0.1, 0.15) is 23.9 Å². The Morgan fingerprint density at radius 3 is 2.72 bits per heavy atom. The third-order valence-corrected chi connectivity index (χ3v) is 3.62. The van der Waals surface area contributed by atoms with E-state index >= 15 is 0 Å². The second-order valence-electron chi connectivity index (χ2n) is 5.43. The van der Waals surface area contributed by atoms with Gasteiger partial charge in [0, 0.05) is 18.4 Å². The Kier molecular flexibility index (Phi) is 5.58. The molecule has 7 nitrogen and oxygen atoms in total. The Labute approximate surface area is 146 Å². The minimum atomic E-state index is 0.447. The zero-order chi connectivity index (χ0) is 17.5. The first-order valence-electron chi connectivity index (χ1n) is 8.16. The summed E-state index contributed by atoms with van der Waals surface area (Å²) in [5.41, 5.74) is 8.48. The molecule has 0 fully saturated rings. The third kappa shape index (κ3) is 4.54. The van der Waals surface area contributed by atoms with Gasteiger partial charge < -0.3 is 15.2 Å². The summed E-state index contributed by atoms with van der Waals surface area (Å²) in [7, 11) is 0. The van der Waals surface area contributed by atoms with E-state index in [2.05, 4.69) is 15.3 Å². The van der Waals surface area contributed by atoms with Gasteiger partial charge >= 0.3 is 0 Å². The summed E-state index contributed by atoms with van der Waals surface area (Å²) in [5.74, 6) is 1.27. The van der Waals surface area contributed by atoms with Crippen LogP contribution >= 0.6 is 0 Å². The van der Waals surface area contributed by atoms with Gasteiger partial charge in [0.2, 0.25) is 0 Å². The van der Waals surface area contributed by atoms with Crippen molar-refractivity contribution in [2.45, 2.75) is 13.5 Å². The smallest absolute Gasteiger partial charge is 0.132 e. The highest BCUT2D eigenvalue weighted by Gasteiger charge is 2.08. The minimum Gasteiger partial charge on any atom is -0.491 e. The average molecular weight is 339 g/mol. The fraction of sp³-hybridized carbons (Fsp3) is 0.278. The number of nitrogens with zero attached hydrogens (tertiary/aromatic N) is 4. The lowest BCUT2D eigenvalue weighted by atomic mass is 10.2. The van der Waals surface area contributed by atoms with E-state index in [-0.39, 0.29) is 0 Å². The van der Waals surface area contributed by atoms with Gasteiger partial charge in [0.15, 0.2) is 0 Å². The number of benzene rings is 1. The molecule has 0 radical (unpaired) electrons. The van der Waals surface area contributed by atoms with Gasteiger partial charge in [0.25, 0.3) is 0 Å². The number of aromatic nitrogens is 4. The fourth-order valence-electron chi connectivity index (χ4n) is 2.37. The number of pyridine rings is 1. The van der Waals surface area contributed by atoms with Crippen molar-refractivity contribution in [1.82, 2.24) is 20.0 Å². The lowest BCUT2D eigenvalue weighted by Gasteiger charge is -2.07. The summed E-state index contributed by atoms with van der Waals surface area (Å²) in [6, 6.07) is 11.6. The highest BCUT2D eigenvalue weighted by atomic mass is 16.5. The first-order valence-corrected chi connectivity index (χ1v) is 8.16. The van der Waals surface area contributed by atoms with Gasteiger partial charge in [-0.05, 0) is 36.8 Å². The topological polar surface area (TPSA) is 88.1 Å². The average Bonchev–Trinajstić information content (AvgIpc) is 3.09. The molecule has 25 heavy (non-hydrogen) atoms. The van der Waals surface area contributed by atoms with Gasteiger partial charge in [-0.3, -0.25) is 0 Å². The molecule has 0 amide bonds. The summed E-state index contributed by atoms with van der Waals surface area (Å²) in [5, 5.41) is 8.33. The molecular weight excluding hydrogens is 318 g/mol. The fourth-order valence-corrected chi connectivity index (χ4v) is 2.37. The second kappa shape index (κ2) is 8.25. The third-order valence-electron chi connectivity index (χ3n) is 3.62. The van der Waals surface area contributed by atoms with Crippen molar-refractivity contribution in [1.29, 1.82) is 0 Å². The zero-order valence-electron chi connectivity index (χ0n) is 14.1. The van der Waals surface area contributed by atoms with Crippen LogP contribution in [0.5, 0.6) is 5.75 Å². The van der Waals surface area contributed by atoms with Crippen molar-refractivity contribution in [3.05, 3.63) is 54.4 Å². The number of nitrogen functional groups attached to an aromatic ring is 1. The predicted molar refractivity (Wildman–Crippen MR) is 95.2 cm³/mol. The van der Waals surface area contributed by atoms with Crippen LogP contribution in [0.3, 0.4) is 0 Å². The van der Waals surface area contributed by atoms with Gasteiger partial charge in [-0.15, -0.1) is 5.10 Å². The molecular formula is C18H21N5O2. The highest BCUT2D eigenvalue weighted by molar-refractivity contribution is 5.69. The predicted octanol–water partition coefficient (Wildman–Crippen LogP) is 2.39. The molecule has 130 valence electrons. The first-order chi connectivity index (χ1) is 12.3. The van der Waals surface area contributed by atoms with E-state index in [4.69, 9.17) is 15.2 Å². The molecule has 0 aliphatic heterocycles. The normalized spacial score (nSPS) is 10.8. The van der Waals surface area contributed by atoms with Crippen molar-refractivity contribution < 1.29 is 9.47 Å². The Morgan fingerprint density at radius 2 is 1.96 bits per heavy atom. The molecule has 7 heteroatoms. The molecule has 3 aromatic rings. The van der Waals surface area contributed by atoms with Crippen molar-refractivity contribution in [2.24, 2.45) is 0 Å². The summed E-state index contributed by atoms with van der Waals surface area (Å²) >= 11 is 0. The van der Waals surface area contributed by atoms with Crippen LogP contribution in [-0.4, -0.2) is 39.8 Å². The van der Waals surface area contributed by atoms with Gasteiger partial charge in [-0.1, -0.05) is 17.3 Å². The summed E-state index contributed by atoms with van der Waals surface area (Å²) in [6.07, 6.45) is 3.52. The van der Waals surface area contributed by atoms with Crippen molar-refractivity contribution in [3.8, 4) is 17.0 Å². The van der Waals surface area contributed by atoms with Crippen LogP contribution in [0, 0.1) is 0 Å². The van der Waals surface area contributed by atoms with Crippen LogP contribution in [0.15, 0.2) is 48.8 Å². The molecule has 3 rings (SSSR count). The van der Waals surface area contributed by atoms with E-state index in [0.717, 1.165) is 16.9 Å². The molecule has 0 saturated heterocycles. The number of anilines is 1. The van der Waals surface area contributed by atoms with E-state index in [1.54, 1.807) is 10.9 Å². The molecule has 0 atom stereocenters. The number of hydrogen-bond acceptors (Lipinski definition) is 6. The summed E-state index contributed by atoms with van der Waals surface area (Å²) < 4.78 is 12.6. The number of ether oxygens (including phenoxy) is 2. The number of nitrogens with two attached hydrogens (primary N) is 1. The van der Waals surface area contributed by atoms with Crippen LogP contribution in [0.25, 0.3) is 11.3 Å². The summed E-state index contributed by atoms with van der Waals surface area (Å²) in [6.45, 7) is 4.43. The maximum Gasteiger partial charge on any atom is 0.132 e. The lowest BCUT2D eigenvalue weighted by Crippen LogP contribution is -2.06. The Balaban J connectivity index is 1.60. The van der Waals surface area contributed by atoms with Gasteiger partial charge in [0.05, 0.1) is 19.3 Å². The summed E-state index contributed by atoms with van der Waals surface area (Å²) in [4.78, 5) is 4.07. The van der Waals surface area contributed by atoms with E-state index in [1.165, 1.54) is 0 Å². The van der Waals surface area contributed by atoms with Crippen molar-refractivity contribution in [3.63, 3.8) is 0 Å². The monoisotopic (exact) mass is 339 g/mol. The van der Waals surface area contributed by atoms with Crippen molar-refractivity contribution >= 4 is 5.82 Å². The molecule has 0 saturated carbocycles. The SMILES string of the molecule is CCOCCOc1ccc(Cn2cc(-c3cccnc3N)nn2)cc1.